The van der Waals surface area contributed by atoms with Crippen molar-refractivity contribution in [1.29, 1.82) is 0 Å². The zero-order valence-corrected chi connectivity index (χ0v) is 13.8. The Morgan fingerprint density at radius 2 is 1.82 bits per heavy atom. The third-order valence-electron chi connectivity index (χ3n) is 2.39. The van der Waals surface area contributed by atoms with Gasteiger partial charge in [0.2, 0.25) is 0 Å². The van der Waals surface area contributed by atoms with Crippen LogP contribution in [0.15, 0.2) is 32.9 Å². The molecule has 1 aromatic rings. The molecule has 0 unspecified atom stereocenters. The van der Waals surface area contributed by atoms with E-state index in [-0.39, 0.29) is 10.5 Å². The molecule has 0 heterocycles. The average molecular weight is 348 g/mol. The predicted octanol–water partition coefficient (Wildman–Crippen LogP) is 0.306. The van der Waals surface area contributed by atoms with E-state index in [0.29, 0.717) is 0 Å². The van der Waals surface area contributed by atoms with Gasteiger partial charge >= 0.3 is 5.97 Å². The molecule has 0 aliphatic carbocycles. The number of hydrogen-bond acceptors (Lipinski definition) is 5. The maximum Gasteiger partial charge on any atom is 0.325 e. The maximum absolute atomic E-state index is 12.0. The van der Waals surface area contributed by atoms with Gasteiger partial charge in [-0.2, -0.15) is 8.42 Å². The number of carboxylic acid groups (broad SMARTS) is 1. The Morgan fingerprint density at radius 1 is 1.23 bits per heavy atom. The van der Waals surface area contributed by atoms with E-state index in [2.05, 4.69) is 9.08 Å². The first-order valence-corrected chi connectivity index (χ1v) is 9.77. The van der Waals surface area contributed by atoms with E-state index < -0.39 is 37.7 Å². The zero-order chi connectivity index (χ0) is 17.1. The van der Waals surface area contributed by atoms with Gasteiger partial charge in [-0.3, -0.25) is 9.59 Å². The van der Waals surface area contributed by atoms with Crippen molar-refractivity contribution in [3.8, 4) is 0 Å². The second-order valence-electron chi connectivity index (χ2n) is 4.79. The minimum Gasteiger partial charge on any atom is -0.480 e. The quantitative estimate of drug-likeness (QED) is 0.787. The van der Waals surface area contributed by atoms with E-state index in [1.165, 1.54) is 37.6 Å². The number of carbonyl (C=O) groups excluding carboxylic acids is 1. The molecule has 0 radical (unpaired) electrons. The van der Waals surface area contributed by atoms with E-state index >= 15 is 0 Å². The molecule has 1 aromatic carbocycles. The topological polar surface area (TPSA) is 130 Å². The Balaban J connectivity index is 3.18. The van der Waals surface area contributed by atoms with Crippen molar-refractivity contribution in [3.05, 3.63) is 29.8 Å². The molecule has 0 saturated carbocycles. The molecule has 0 aliphatic rings. The highest BCUT2D eigenvalue weighted by Gasteiger charge is 2.19. The molecule has 1 amide bonds. The first-order chi connectivity index (χ1) is 9.92. The first kappa shape index (κ1) is 18.1. The van der Waals surface area contributed by atoms with Crippen LogP contribution >= 0.6 is 0 Å². The van der Waals surface area contributed by atoms with Crippen molar-refractivity contribution in [2.24, 2.45) is 3.77 Å². The summed E-state index contributed by atoms with van der Waals surface area (Å²) in [5, 5.41) is 10.9. The Bertz CT molecular complexity index is 814. The fourth-order valence-corrected chi connectivity index (χ4v) is 4.18. The number of nitrogens with one attached hydrogen (secondary N) is 1. The lowest BCUT2D eigenvalue weighted by Gasteiger charge is -2.09. The molecule has 2 N–H and O–H groups in total. The van der Waals surface area contributed by atoms with Gasteiger partial charge in [0.05, 0.1) is 14.6 Å². The molecule has 0 fully saturated rings. The molecule has 0 aromatic heterocycles. The van der Waals surface area contributed by atoms with Crippen LogP contribution in [0.1, 0.15) is 17.3 Å². The lowest BCUT2D eigenvalue weighted by molar-refractivity contribution is -0.138. The van der Waals surface area contributed by atoms with Gasteiger partial charge in [-0.25, -0.2) is 4.21 Å². The summed E-state index contributed by atoms with van der Waals surface area (Å²) < 4.78 is 38.8. The summed E-state index contributed by atoms with van der Waals surface area (Å²) in [5.41, 5.74) is -0.0388. The van der Waals surface area contributed by atoms with Gasteiger partial charge in [0.15, 0.2) is 0 Å². The van der Waals surface area contributed by atoms with Crippen LogP contribution in [0.2, 0.25) is 0 Å². The van der Waals surface area contributed by atoms with Crippen molar-refractivity contribution in [1.82, 2.24) is 5.32 Å². The molecular formula is C12H16N2O6S2. The van der Waals surface area contributed by atoms with Gasteiger partial charge in [0.25, 0.3) is 15.9 Å². The normalized spacial score (nSPS) is 13.2. The Hall–Kier alpha value is -1.94. The number of benzene rings is 1. The van der Waals surface area contributed by atoms with Gasteiger partial charge in [0.1, 0.15) is 6.04 Å². The second kappa shape index (κ2) is 6.44. The molecule has 0 saturated heterocycles. The lowest BCUT2D eigenvalue weighted by Crippen LogP contribution is -2.38. The molecule has 8 nitrogen and oxygen atoms in total. The fraction of sp³-hybridized carbons (Fsp3) is 0.333. The highest BCUT2D eigenvalue weighted by atomic mass is 32.3. The monoisotopic (exact) mass is 348 g/mol. The highest BCUT2D eigenvalue weighted by Crippen LogP contribution is 2.15. The van der Waals surface area contributed by atoms with Crippen LogP contribution in [0, 0.1) is 0 Å². The molecule has 0 spiro atoms. The Kier molecular flexibility index (Phi) is 5.30. The molecular weight excluding hydrogens is 332 g/mol. The third-order valence-corrected chi connectivity index (χ3v) is 5.46. The molecule has 0 aliphatic heterocycles. The summed E-state index contributed by atoms with van der Waals surface area (Å²) in [6, 6.07) is 3.78. The van der Waals surface area contributed by atoms with Gasteiger partial charge in [-0.05, 0) is 25.1 Å². The molecule has 122 valence electrons. The van der Waals surface area contributed by atoms with Crippen LogP contribution in [-0.4, -0.2) is 48.2 Å². The van der Waals surface area contributed by atoms with Crippen LogP contribution in [0.25, 0.3) is 0 Å². The van der Waals surface area contributed by atoms with Gasteiger partial charge in [-0.15, -0.1) is 3.77 Å². The first-order valence-electron chi connectivity index (χ1n) is 5.99. The van der Waals surface area contributed by atoms with E-state index in [9.17, 15) is 22.2 Å². The van der Waals surface area contributed by atoms with E-state index in [4.69, 9.17) is 5.11 Å². The molecule has 1 rings (SSSR count). The highest BCUT2D eigenvalue weighted by molar-refractivity contribution is 8.02. The number of aliphatic carboxylic acids is 1. The van der Waals surface area contributed by atoms with Gasteiger partial charge in [0, 0.05) is 18.1 Å². The molecule has 10 heteroatoms. The number of sulfonamides is 1. The maximum atomic E-state index is 12.0. The van der Waals surface area contributed by atoms with Crippen molar-refractivity contribution in [2.75, 3.05) is 12.5 Å². The number of hydrogen-bond donors (Lipinski definition) is 2. The fourth-order valence-electron chi connectivity index (χ4n) is 1.42. The summed E-state index contributed by atoms with van der Waals surface area (Å²) in [4.78, 5) is 22.3. The van der Waals surface area contributed by atoms with Crippen molar-refractivity contribution < 1.29 is 27.3 Å². The Labute approximate surface area is 128 Å². The van der Waals surface area contributed by atoms with Crippen LogP contribution in [0.3, 0.4) is 0 Å². The number of amides is 1. The summed E-state index contributed by atoms with van der Waals surface area (Å²) in [6.45, 7) is 1.28. The second-order valence-corrected chi connectivity index (χ2v) is 9.17. The van der Waals surface area contributed by atoms with Crippen molar-refractivity contribution in [3.63, 3.8) is 0 Å². The third kappa shape index (κ3) is 5.11. The SMILES string of the molecule is C[C@@H](NC(=O)c1cccc(S(=O)(=O)N=S(C)(C)=O)c1)C(=O)O. The van der Waals surface area contributed by atoms with Crippen LogP contribution in [0.5, 0.6) is 0 Å². The van der Waals surface area contributed by atoms with Crippen LogP contribution in [0.4, 0.5) is 0 Å². The molecule has 0 bridgehead atoms. The minimum absolute atomic E-state index is 0.0388. The van der Waals surface area contributed by atoms with Crippen molar-refractivity contribution in [2.45, 2.75) is 17.9 Å². The Morgan fingerprint density at radius 3 is 2.32 bits per heavy atom. The minimum atomic E-state index is -4.17. The predicted molar refractivity (Wildman–Crippen MR) is 80.6 cm³/mol. The number of carbonyl (C=O) groups is 2. The van der Waals surface area contributed by atoms with Crippen LogP contribution < -0.4 is 5.32 Å². The smallest absolute Gasteiger partial charge is 0.325 e. The number of carboxylic acids is 1. The number of nitrogens with zero attached hydrogens (tertiary/aromatic N) is 1. The molecule has 22 heavy (non-hydrogen) atoms. The molecule has 1 atom stereocenters. The summed E-state index contributed by atoms with van der Waals surface area (Å²) in [6.07, 6.45) is 2.35. The largest absolute Gasteiger partial charge is 0.480 e. The van der Waals surface area contributed by atoms with Crippen LogP contribution in [-0.2, 0) is 24.5 Å². The lowest BCUT2D eigenvalue weighted by atomic mass is 10.2. The zero-order valence-electron chi connectivity index (χ0n) is 12.1. The standard InChI is InChI=1S/C12H16N2O6S2/c1-8(12(16)17)13-11(15)9-5-4-6-10(7-9)22(19,20)14-21(2,3)18/h4-8H,1-3H3,(H,13,15)(H,16,17)/t8-/m1/s1. The van der Waals surface area contributed by atoms with E-state index in [0.717, 1.165) is 6.07 Å². The van der Waals surface area contributed by atoms with Crippen molar-refractivity contribution >= 4 is 31.6 Å². The van der Waals surface area contributed by atoms with Gasteiger partial charge in [-0.1, -0.05) is 6.07 Å². The summed E-state index contributed by atoms with van der Waals surface area (Å²) in [5.74, 6) is -1.95. The summed E-state index contributed by atoms with van der Waals surface area (Å²) >= 11 is 0. The van der Waals surface area contributed by atoms with E-state index in [1.54, 1.807) is 0 Å². The van der Waals surface area contributed by atoms with Gasteiger partial charge < -0.3 is 10.4 Å². The average Bonchev–Trinajstić information content (AvgIpc) is 2.35. The number of rotatable bonds is 5. The summed E-state index contributed by atoms with van der Waals surface area (Å²) in [7, 11) is -7.05. The van der Waals surface area contributed by atoms with E-state index in [1.807, 2.05) is 0 Å².